The van der Waals surface area contributed by atoms with Crippen LogP contribution >= 0.6 is 0 Å². The molecule has 0 bridgehead atoms. The Labute approximate surface area is 172 Å². The number of amides is 2. The molecule has 1 aromatic heterocycles. The van der Waals surface area contributed by atoms with Crippen molar-refractivity contribution in [1.82, 2.24) is 9.97 Å². The molecular formula is C21H24FN5O3. The smallest absolute Gasteiger partial charge is 0.258 e. The Morgan fingerprint density at radius 1 is 1.17 bits per heavy atom. The van der Waals surface area contributed by atoms with Gasteiger partial charge in [-0.2, -0.15) is 4.98 Å². The molecular weight excluding hydrogens is 389 g/mol. The molecule has 0 saturated carbocycles. The Hall–Kier alpha value is -3.23. The van der Waals surface area contributed by atoms with Crippen LogP contribution in [0.15, 0.2) is 29.1 Å². The maximum absolute atomic E-state index is 13.1. The molecule has 8 nitrogen and oxygen atoms in total. The van der Waals surface area contributed by atoms with Crippen molar-refractivity contribution in [2.45, 2.75) is 57.5 Å². The highest BCUT2D eigenvalue weighted by molar-refractivity contribution is 6.04. The number of H-pyrrole nitrogens is 1. The molecule has 1 fully saturated rings. The Balaban J connectivity index is 1.67. The normalized spacial score (nSPS) is 23.5. The lowest BCUT2D eigenvalue weighted by Gasteiger charge is -2.39. The van der Waals surface area contributed by atoms with E-state index in [2.05, 4.69) is 39.3 Å². The first-order valence-electron chi connectivity index (χ1n) is 10.1. The summed E-state index contributed by atoms with van der Waals surface area (Å²) in [6.07, 6.45) is 2.91. The number of nitrogens with one attached hydrogen (secondary N) is 3. The molecule has 1 aromatic carbocycles. The van der Waals surface area contributed by atoms with Gasteiger partial charge in [0.2, 0.25) is 17.8 Å². The average Bonchev–Trinajstić information content (AvgIpc) is 2.68. The van der Waals surface area contributed by atoms with E-state index in [-0.39, 0.29) is 35.8 Å². The standard InChI is InChI=1S/C21H24FN5O3/c1-11-4-3-5-12(2)27(11)21-25-18-17(20(30)26-21)15(10-16(28)24-18)19(29)23-14-8-6-13(22)7-9-14/h6-9,11-12,15H,3-5,10H2,1-2H3,(H,23,29)(H2,24,25,26,28,30)/t11-,12+,15-/m1/s1. The molecule has 1 saturated heterocycles. The van der Waals surface area contributed by atoms with Crippen LogP contribution in [0.3, 0.4) is 0 Å². The van der Waals surface area contributed by atoms with Crippen LogP contribution in [-0.4, -0.2) is 33.9 Å². The summed E-state index contributed by atoms with van der Waals surface area (Å²) in [4.78, 5) is 47.4. The van der Waals surface area contributed by atoms with E-state index in [0.29, 0.717) is 11.6 Å². The van der Waals surface area contributed by atoms with E-state index in [1.165, 1.54) is 24.3 Å². The molecule has 2 amide bonds. The third kappa shape index (κ3) is 3.79. The largest absolute Gasteiger partial charge is 0.337 e. The van der Waals surface area contributed by atoms with Gasteiger partial charge in [0.05, 0.1) is 11.5 Å². The Kier molecular flexibility index (Phi) is 5.27. The van der Waals surface area contributed by atoms with Crippen LogP contribution in [0.2, 0.25) is 0 Å². The van der Waals surface area contributed by atoms with Crippen molar-refractivity contribution in [2.75, 3.05) is 15.5 Å². The van der Waals surface area contributed by atoms with Gasteiger partial charge in [0.15, 0.2) is 0 Å². The molecule has 3 N–H and O–H groups in total. The predicted molar refractivity (Wildman–Crippen MR) is 111 cm³/mol. The lowest BCUT2D eigenvalue weighted by molar-refractivity contribution is -0.123. The minimum Gasteiger partial charge on any atom is -0.337 e. The third-order valence-electron chi connectivity index (χ3n) is 5.80. The molecule has 0 radical (unpaired) electrons. The molecule has 9 heteroatoms. The second-order valence-electron chi connectivity index (χ2n) is 7.99. The lowest BCUT2D eigenvalue weighted by Crippen LogP contribution is -2.46. The van der Waals surface area contributed by atoms with E-state index >= 15 is 0 Å². The molecule has 0 aliphatic carbocycles. The number of carbonyl (C=O) groups is 2. The third-order valence-corrected chi connectivity index (χ3v) is 5.80. The molecule has 2 aromatic rings. The van der Waals surface area contributed by atoms with Gasteiger partial charge < -0.3 is 15.5 Å². The van der Waals surface area contributed by atoms with Crippen molar-refractivity contribution in [3.63, 3.8) is 0 Å². The molecule has 158 valence electrons. The second kappa shape index (κ2) is 7.89. The number of halogens is 1. The number of rotatable bonds is 3. The minimum absolute atomic E-state index is 0.120. The van der Waals surface area contributed by atoms with Crippen LogP contribution in [-0.2, 0) is 9.59 Å². The minimum atomic E-state index is -0.986. The molecule has 3 atom stereocenters. The van der Waals surface area contributed by atoms with E-state index in [1.807, 2.05) is 0 Å². The average molecular weight is 413 g/mol. The molecule has 3 heterocycles. The first kappa shape index (κ1) is 20.1. The van der Waals surface area contributed by atoms with Gasteiger partial charge in [-0.1, -0.05) is 0 Å². The highest BCUT2D eigenvalue weighted by atomic mass is 19.1. The highest BCUT2D eigenvalue weighted by Crippen LogP contribution is 2.32. The molecule has 2 aliphatic rings. The number of nitrogens with zero attached hydrogens (tertiary/aromatic N) is 2. The maximum Gasteiger partial charge on any atom is 0.258 e. The van der Waals surface area contributed by atoms with E-state index in [1.54, 1.807) is 0 Å². The molecule has 30 heavy (non-hydrogen) atoms. The summed E-state index contributed by atoms with van der Waals surface area (Å²) < 4.78 is 13.1. The zero-order chi connectivity index (χ0) is 21.4. The Morgan fingerprint density at radius 3 is 2.50 bits per heavy atom. The molecule has 4 rings (SSSR count). The van der Waals surface area contributed by atoms with E-state index in [0.717, 1.165) is 19.3 Å². The monoisotopic (exact) mass is 413 g/mol. The number of hydrogen-bond acceptors (Lipinski definition) is 5. The summed E-state index contributed by atoms with van der Waals surface area (Å²) in [5.41, 5.74) is 0.0698. The number of carbonyl (C=O) groups excluding carboxylic acids is 2. The Morgan fingerprint density at radius 2 is 1.83 bits per heavy atom. The van der Waals surface area contributed by atoms with Gasteiger partial charge in [0.1, 0.15) is 11.6 Å². The fourth-order valence-electron chi connectivity index (χ4n) is 4.31. The van der Waals surface area contributed by atoms with Gasteiger partial charge in [0.25, 0.3) is 5.56 Å². The fraction of sp³-hybridized carbons (Fsp3) is 0.429. The zero-order valence-corrected chi connectivity index (χ0v) is 16.9. The highest BCUT2D eigenvalue weighted by Gasteiger charge is 2.36. The number of benzene rings is 1. The summed E-state index contributed by atoms with van der Waals surface area (Å²) in [6, 6.07) is 5.68. The summed E-state index contributed by atoms with van der Waals surface area (Å²) in [5.74, 6) is -1.79. The number of aromatic amines is 1. The molecule has 0 unspecified atom stereocenters. The van der Waals surface area contributed by atoms with Crippen molar-refractivity contribution in [2.24, 2.45) is 0 Å². The molecule has 0 spiro atoms. The van der Waals surface area contributed by atoms with Gasteiger partial charge in [-0.05, 0) is 57.4 Å². The SMILES string of the molecule is C[C@@H]1CCC[C@H](C)N1c1nc2c(c(=O)[nH]1)[C@H](C(=O)Nc1ccc(F)cc1)CC(=O)N2. The van der Waals surface area contributed by atoms with Crippen molar-refractivity contribution in [3.8, 4) is 0 Å². The van der Waals surface area contributed by atoms with Crippen LogP contribution in [0, 0.1) is 5.82 Å². The van der Waals surface area contributed by atoms with Gasteiger partial charge in [-0.25, -0.2) is 4.39 Å². The van der Waals surface area contributed by atoms with Gasteiger partial charge in [0, 0.05) is 24.2 Å². The number of piperidine rings is 1. The molecule has 2 aliphatic heterocycles. The number of fused-ring (bicyclic) bond motifs is 1. The van der Waals surface area contributed by atoms with Crippen molar-refractivity contribution in [1.29, 1.82) is 0 Å². The van der Waals surface area contributed by atoms with Gasteiger partial charge in [-0.15, -0.1) is 0 Å². The van der Waals surface area contributed by atoms with E-state index in [9.17, 15) is 18.8 Å². The first-order chi connectivity index (χ1) is 14.3. The maximum atomic E-state index is 13.1. The first-order valence-corrected chi connectivity index (χ1v) is 10.1. The van der Waals surface area contributed by atoms with Crippen LogP contribution in [0.1, 0.15) is 51.0 Å². The van der Waals surface area contributed by atoms with Crippen LogP contribution in [0.4, 0.5) is 21.8 Å². The van der Waals surface area contributed by atoms with E-state index < -0.39 is 23.2 Å². The van der Waals surface area contributed by atoms with Crippen molar-refractivity contribution >= 4 is 29.3 Å². The number of hydrogen-bond donors (Lipinski definition) is 3. The number of anilines is 3. The van der Waals surface area contributed by atoms with Crippen molar-refractivity contribution in [3.05, 3.63) is 46.0 Å². The van der Waals surface area contributed by atoms with Crippen molar-refractivity contribution < 1.29 is 14.0 Å². The summed E-state index contributed by atoms with van der Waals surface area (Å²) >= 11 is 0. The van der Waals surface area contributed by atoms with Crippen LogP contribution in [0.25, 0.3) is 0 Å². The van der Waals surface area contributed by atoms with Gasteiger partial charge >= 0.3 is 0 Å². The second-order valence-corrected chi connectivity index (χ2v) is 7.99. The Bertz CT molecular complexity index is 1030. The fourth-order valence-corrected chi connectivity index (χ4v) is 4.31. The predicted octanol–water partition coefficient (Wildman–Crippen LogP) is 2.74. The van der Waals surface area contributed by atoms with Crippen LogP contribution < -0.4 is 21.1 Å². The summed E-state index contributed by atoms with van der Waals surface area (Å²) in [5, 5.41) is 5.28. The summed E-state index contributed by atoms with van der Waals surface area (Å²) in [7, 11) is 0. The number of aromatic nitrogens is 2. The quantitative estimate of drug-likeness (QED) is 0.717. The van der Waals surface area contributed by atoms with Gasteiger partial charge in [-0.3, -0.25) is 19.4 Å². The topological polar surface area (TPSA) is 107 Å². The van der Waals surface area contributed by atoms with Crippen LogP contribution in [0.5, 0.6) is 0 Å². The van der Waals surface area contributed by atoms with E-state index in [4.69, 9.17) is 0 Å². The lowest BCUT2D eigenvalue weighted by atomic mass is 9.92. The zero-order valence-electron chi connectivity index (χ0n) is 16.9. The summed E-state index contributed by atoms with van der Waals surface area (Å²) in [6.45, 7) is 4.15.